The molecular weight excluding hydrogens is 257 g/mol. The number of rotatable bonds is 0. The van der Waals surface area contributed by atoms with E-state index in [1.54, 1.807) is 6.07 Å². The van der Waals surface area contributed by atoms with Crippen LogP contribution in [-0.4, -0.2) is 24.8 Å². The number of halogens is 1. The molecule has 0 aliphatic heterocycles. The quantitative estimate of drug-likeness (QED) is 0.464. The fourth-order valence-corrected chi connectivity index (χ4v) is 1.39. The van der Waals surface area contributed by atoms with Crippen LogP contribution in [0.1, 0.15) is 0 Å². The molecule has 0 radical (unpaired) electrons. The molecular formula is C8H9ClNO5P. The Morgan fingerprint density at radius 1 is 1.25 bits per heavy atom. The Morgan fingerprint density at radius 2 is 1.81 bits per heavy atom. The van der Waals surface area contributed by atoms with Gasteiger partial charge in [0.1, 0.15) is 5.75 Å². The second-order valence-corrected chi connectivity index (χ2v) is 4.28. The third-order valence-corrected chi connectivity index (χ3v) is 1.95. The summed E-state index contributed by atoms with van der Waals surface area (Å²) >= 11 is 5.82. The van der Waals surface area contributed by atoms with Gasteiger partial charge in [0.05, 0.1) is 15.9 Å². The lowest BCUT2D eigenvalue weighted by Crippen LogP contribution is -1.67. The van der Waals surface area contributed by atoms with Gasteiger partial charge in [-0.25, -0.2) is 4.57 Å². The minimum atomic E-state index is -4.64. The molecule has 5 N–H and O–H groups in total. The van der Waals surface area contributed by atoms with Crippen molar-refractivity contribution in [1.29, 1.82) is 0 Å². The lowest BCUT2D eigenvalue weighted by atomic mass is 10.2. The molecule has 0 saturated carbocycles. The highest BCUT2D eigenvalue weighted by atomic mass is 35.5. The van der Waals surface area contributed by atoms with Gasteiger partial charge in [-0.1, -0.05) is 17.7 Å². The number of hydrogen-bond donors (Lipinski definition) is 5. The molecule has 2 rings (SSSR count). The standard InChI is InChI=1S/C8H6ClNO.H3O4P/c9-5-2-1-3-6-8(5)7(11)4-10-6;1-5(2,3)4/h1-4,10-11H;(H3,1,2,3,4). The van der Waals surface area contributed by atoms with Gasteiger partial charge in [0.15, 0.2) is 0 Å². The number of benzene rings is 1. The zero-order chi connectivity index (χ0) is 12.3. The summed E-state index contributed by atoms with van der Waals surface area (Å²) in [7, 11) is -4.64. The topological polar surface area (TPSA) is 114 Å². The molecule has 0 unspecified atom stereocenters. The SMILES string of the molecule is O=P(O)(O)O.Oc1c[nH]c2cccc(Cl)c12. The van der Waals surface area contributed by atoms with Crippen LogP contribution >= 0.6 is 19.4 Å². The number of nitrogens with one attached hydrogen (secondary N) is 1. The molecule has 8 heteroatoms. The van der Waals surface area contributed by atoms with Gasteiger partial charge in [0.2, 0.25) is 0 Å². The molecule has 0 saturated heterocycles. The Bertz CT molecular complexity index is 526. The normalized spacial score (nSPS) is 11.0. The number of fused-ring (bicyclic) bond motifs is 1. The maximum atomic E-state index is 9.28. The largest absolute Gasteiger partial charge is 0.506 e. The number of aromatic nitrogens is 1. The van der Waals surface area contributed by atoms with Crippen LogP contribution in [-0.2, 0) is 4.57 Å². The van der Waals surface area contributed by atoms with E-state index in [2.05, 4.69) is 4.98 Å². The van der Waals surface area contributed by atoms with Crippen LogP contribution in [0, 0.1) is 0 Å². The summed E-state index contributed by atoms with van der Waals surface area (Å²) in [6.07, 6.45) is 1.52. The smallest absolute Gasteiger partial charge is 0.466 e. The first-order chi connectivity index (χ1) is 7.29. The van der Waals surface area contributed by atoms with E-state index in [1.807, 2.05) is 12.1 Å². The lowest BCUT2D eigenvalue weighted by Gasteiger charge is -1.92. The first kappa shape index (κ1) is 13.0. The number of phosphoric acid groups is 1. The van der Waals surface area contributed by atoms with Crippen molar-refractivity contribution in [3.63, 3.8) is 0 Å². The van der Waals surface area contributed by atoms with Gasteiger partial charge in [-0.2, -0.15) is 0 Å². The molecule has 88 valence electrons. The molecule has 0 aliphatic rings. The third kappa shape index (κ3) is 3.84. The molecule has 1 heterocycles. The van der Waals surface area contributed by atoms with E-state index in [9.17, 15) is 5.11 Å². The van der Waals surface area contributed by atoms with Crippen molar-refractivity contribution in [3.8, 4) is 5.75 Å². The molecule has 1 aromatic heterocycles. The fraction of sp³-hybridized carbons (Fsp3) is 0. The van der Waals surface area contributed by atoms with Crippen LogP contribution < -0.4 is 0 Å². The zero-order valence-corrected chi connectivity index (χ0v) is 9.48. The molecule has 0 fully saturated rings. The monoisotopic (exact) mass is 265 g/mol. The molecule has 1 aromatic carbocycles. The van der Waals surface area contributed by atoms with Crippen LogP contribution in [0.4, 0.5) is 0 Å². The van der Waals surface area contributed by atoms with Crippen molar-refractivity contribution < 1.29 is 24.4 Å². The minimum absolute atomic E-state index is 0.200. The van der Waals surface area contributed by atoms with Gasteiger partial charge in [-0.15, -0.1) is 0 Å². The van der Waals surface area contributed by atoms with E-state index in [-0.39, 0.29) is 5.75 Å². The van der Waals surface area contributed by atoms with E-state index in [0.29, 0.717) is 10.4 Å². The molecule has 16 heavy (non-hydrogen) atoms. The Balaban J connectivity index is 0.000000221. The Labute approximate surface area is 95.4 Å². The van der Waals surface area contributed by atoms with Crippen molar-refractivity contribution in [2.24, 2.45) is 0 Å². The lowest BCUT2D eigenvalue weighted by molar-refractivity contribution is 0.275. The van der Waals surface area contributed by atoms with Gasteiger partial charge < -0.3 is 24.8 Å². The van der Waals surface area contributed by atoms with Gasteiger partial charge in [0.25, 0.3) is 0 Å². The van der Waals surface area contributed by atoms with Crippen molar-refractivity contribution in [3.05, 3.63) is 29.4 Å². The second-order valence-electron chi connectivity index (χ2n) is 2.85. The molecule has 0 bridgehead atoms. The Morgan fingerprint density at radius 3 is 2.31 bits per heavy atom. The summed E-state index contributed by atoms with van der Waals surface area (Å²) in [5.74, 6) is 0.200. The van der Waals surface area contributed by atoms with Crippen LogP contribution in [0.15, 0.2) is 24.4 Å². The maximum absolute atomic E-state index is 9.28. The van der Waals surface area contributed by atoms with Crippen molar-refractivity contribution in [2.45, 2.75) is 0 Å². The van der Waals surface area contributed by atoms with Crippen LogP contribution in [0.25, 0.3) is 10.9 Å². The highest BCUT2D eigenvalue weighted by molar-refractivity contribution is 7.45. The van der Waals surface area contributed by atoms with E-state index in [0.717, 1.165) is 5.52 Å². The molecule has 2 aromatic rings. The fourth-order valence-electron chi connectivity index (χ4n) is 1.12. The van der Waals surface area contributed by atoms with E-state index >= 15 is 0 Å². The number of H-pyrrole nitrogens is 1. The summed E-state index contributed by atoms with van der Waals surface area (Å²) < 4.78 is 8.88. The van der Waals surface area contributed by atoms with Crippen molar-refractivity contribution in [2.75, 3.05) is 0 Å². The van der Waals surface area contributed by atoms with Gasteiger partial charge in [0, 0.05) is 6.20 Å². The molecule has 0 amide bonds. The van der Waals surface area contributed by atoms with Gasteiger partial charge >= 0.3 is 7.82 Å². The Hall–Kier alpha value is -1.04. The maximum Gasteiger partial charge on any atom is 0.466 e. The van der Waals surface area contributed by atoms with Crippen molar-refractivity contribution >= 4 is 30.3 Å². The van der Waals surface area contributed by atoms with E-state index in [4.69, 9.17) is 30.8 Å². The number of aromatic hydroxyl groups is 1. The first-order valence-corrected chi connectivity index (χ1v) is 5.96. The summed E-state index contributed by atoms with van der Waals surface area (Å²) in [6, 6.07) is 5.44. The summed E-state index contributed by atoms with van der Waals surface area (Å²) in [5.41, 5.74) is 0.856. The summed E-state index contributed by atoms with van der Waals surface area (Å²) in [6.45, 7) is 0. The zero-order valence-electron chi connectivity index (χ0n) is 7.83. The number of hydrogen-bond acceptors (Lipinski definition) is 2. The van der Waals surface area contributed by atoms with Gasteiger partial charge in [-0.3, -0.25) is 0 Å². The summed E-state index contributed by atoms with van der Waals surface area (Å²) in [4.78, 5) is 24.5. The number of aromatic amines is 1. The molecule has 0 atom stereocenters. The minimum Gasteiger partial charge on any atom is -0.506 e. The first-order valence-electron chi connectivity index (χ1n) is 4.02. The highest BCUT2D eigenvalue weighted by Crippen LogP contribution is 2.30. The molecule has 0 aliphatic carbocycles. The molecule has 6 nitrogen and oxygen atoms in total. The van der Waals surface area contributed by atoms with Gasteiger partial charge in [-0.05, 0) is 12.1 Å². The average molecular weight is 266 g/mol. The van der Waals surface area contributed by atoms with Crippen molar-refractivity contribution in [1.82, 2.24) is 4.98 Å². The second kappa shape index (κ2) is 4.86. The third-order valence-electron chi connectivity index (χ3n) is 1.63. The highest BCUT2D eigenvalue weighted by Gasteiger charge is 2.04. The molecule has 0 spiro atoms. The predicted octanol–water partition coefficient (Wildman–Crippen LogP) is 1.60. The van der Waals surface area contributed by atoms with Crippen LogP contribution in [0.3, 0.4) is 0 Å². The predicted molar refractivity (Wildman–Crippen MR) is 59.2 cm³/mol. The van der Waals surface area contributed by atoms with E-state index in [1.165, 1.54) is 6.20 Å². The van der Waals surface area contributed by atoms with Crippen LogP contribution in [0.2, 0.25) is 5.02 Å². The Kier molecular flexibility index (Phi) is 3.96. The van der Waals surface area contributed by atoms with Crippen LogP contribution in [0.5, 0.6) is 5.75 Å². The summed E-state index contributed by atoms with van der Waals surface area (Å²) in [5, 5.41) is 10.5. The average Bonchev–Trinajstić information content (AvgIpc) is 2.46. The van der Waals surface area contributed by atoms with E-state index < -0.39 is 7.82 Å².